The van der Waals surface area contributed by atoms with Crippen LogP contribution in [0.15, 0.2) is 22.8 Å². The fourth-order valence-corrected chi connectivity index (χ4v) is 4.14. The van der Waals surface area contributed by atoms with Crippen molar-refractivity contribution >= 4 is 11.6 Å². The van der Waals surface area contributed by atoms with Crippen LogP contribution in [-0.4, -0.2) is 11.6 Å². The van der Waals surface area contributed by atoms with Gasteiger partial charge in [-0.3, -0.25) is 9.59 Å². The summed E-state index contributed by atoms with van der Waals surface area (Å²) < 4.78 is 0. The molecule has 0 heterocycles. The van der Waals surface area contributed by atoms with E-state index in [1.165, 1.54) is 11.1 Å². The number of carbonyl (C=O) groups is 2. The lowest BCUT2D eigenvalue weighted by Crippen LogP contribution is -2.43. The van der Waals surface area contributed by atoms with Gasteiger partial charge in [0.1, 0.15) is 5.78 Å². The summed E-state index contributed by atoms with van der Waals surface area (Å²) in [4.78, 5) is 24.6. The lowest BCUT2D eigenvalue weighted by atomic mass is 9.59. The maximum atomic E-state index is 12.9. The fraction of sp³-hybridized carbons (Fsp3) is 0.647. The van der Waals surface area contributed by atoms with E-state index in [-0.39, 0.29) is 17.1 Å². The molecule has 0 radical (unpaired) electrons. The van der Waals surface area contributed by atoms with Crippen LogP contribution in [0.5, 0.6) is 0 Å². The third-order valence-electron chi connectivity index (χ3n) is 5.37. The van der Waals surface area contributed by atoms with Gasteiger partial charge in [-0.2, -0.15) is 0 Å². The highest BCUT2D eigenvalue weighted by molar-refractivity contribution is 5.99. The molecule has 19 heavy (non-hydrogen) atoms. The first-order valence-corrected chi connectivity index (χ1v) is 7.46. The van der Waals surface area contributed by atoms with E-state index in [0.29, 0.717) is 12.2 Å². The van der Waals surface area contributed by atoms with Crippen LogP contribution < -0.4 is 0 Å². The average Bonchev–Trinajstić information content (AvgIpc) is 2.45. The second kappa shape index (κ2) is 4.43. The summed E-state index contributed by atoms with van der Waals surface area (Å²) >= 11 is 0. The average molecular weight is 258 g/mol. The summed E-state index contributed by atoms with van der Waals surface area (Å²) in [7, 11) is 0. The molecule has 0 aliphatic heterocycles. The maximum absolute atomic E-state index is 12.9. The van der Waals surface area contributed by atoms with Crippen molar-refractivity contribution < 1.29 is 9.59 Å². The lowest BCUT2D eigenvalue weighted by Gasteiger charge is -2.42. The minimum atomic E-state index is -0.306. The summed E-state index contributed by atoms with van der Waals surface area (Å²) in [5.74, 6) is 0.894. The summed E-state index contributed by atoms with van der Waals surface area (Å²) in [6.07, 6.45) is 7.98. The molecule has 2 bridgehead atoms. The smallest absolute Gasteiger partial charge is 0.155 e. The Bertz CT molecular complexity index is 505. The molecule has 0 amide bonds. The fourth-order valence-electron chi connectivity index (χ4n) is 4.14. The third kappa shape index (κ3) is 1.92. The summed E-state index contributed by atoms with van der Waals surface area (Å²) in [5, 5.41) is 0. The van der Waals surface area contributed by atoms with Gasteiger partial charge in [0.15, 0.2) is 5.78 Å². The first-order valence-electron chi connectivity index (χ1n) is 7.46. The number of carbonyl (C=O) groups excluding carboxylic acids is 2. The lowest BCUT2D eigenvalue weighted by molar-refractivity contribution is -0.133. The summed E-state index contributed by atoms with van der Waals surface area (Å²) in [5.41, 5.74) is 3.66. The molecular weight excluding hydrogens is 236 g/mol. The van der Waals surface area contributed by atoms with Crippen molar-refractivity contribution in [2.75, 3.05) is 0 Å². The Morgan fingerprint density at radius 3 is 2.63 bits per heavy atom. The van der Waals surface area contributed by atoms with E-state index in [1.54, 1.807) is 6.08 Å². The second-order valence-corrected chi connectivity index (χ2v) is 6.64. The van der Waals surface area contributed by atoms with E-state index in [0.717, 1.165) is 44.1 Å². The monoisotopic (exact) mass is 258 g/mol. The molecule has 0 unspecified atom stereocenters. The van der Waals surface area contributed by atoms with Crippen molar-refractivity contribution in [1.29, 1.82) is 0 Å². The van der Waals surface area contributed by atoms with E-state index in [2.05, 4.69) is 13.8 Å². The van der Waals surface area contributed by atoms with Crippen LogP contribution >= 0.6 is 0 Å². The predicted molar refractivity (Wildman–Crippen MR) is 74.7 cm³/mol. The highest BCUT2D eigenvalue weighted by Crippen LogP contribution is 2.53. The highest BCUT2D eigenvalue weighted by Gasteiger charge is 2.50. The Morgan fingerprint density at radius 2 is 1.89 bits per heavy atom. The molecule has 102 valence electrons. The largest absolute Gasteiger partial charge is 0.298 e. The van der Waals surface area contributed by atoms with Crippen LogP contribution in [0.25, 0.3) is 0 Å². The molecule has 0 aromatic rings. The highest BCUT2D eigenvalue weighted by atomic mass is 16.1. The van der Waals surface area contributed by atoms with Gasteiger partial charge in [0.2, 0.25) is 0 Å². The SMILES string of the molecule is CC(C)=C1CC[C@H]2CCC3=CC(=O)CC[C@@]3(C1)C2=O. The van der Waals surface area contributed by atoms with Crippen molar-refractivity contribution in [3.05, 3.63) is 22.8 Å². The van der Waals surface area contributed by atoms with Gasteiger partial charge < -0.3 is 0 Å². The van der Waals surface area contributed by atoms with Crippen LogP contribution in [0.2, 0.25) is 0 Å². The number of Topliss-reactive ketones (excluding diaryl/α,β-unsaturated/α-hetero) is 1. The number of rotatable bonds is 0. The van der Waals surface area contributed by atoms with Crippen molar-refractivity contribution in [1.82, 2.24) is 0 Å². The normalized spacial score (nSPS) is 34.5. The Labute approximate surface area is 115 Å². The molecule has 2 fully saturated rings. The molecule has 3 aliphatic carbocycles. The van der Waals surface area contributed by atoms with E-state index in [9.17, 15) is 9.59 Å². The first kappa shape index (κ1) is 12.8. The quantitative estimate of drug-likeness (QED) is 0.620. The Morgan fingerprint density at radius 1 is 1.16 bits per heavy atom. The summed E-state index contributed by atoms with van der Waals surface area (Å²) in [6, 6.07) is 0. The van der Waals surface area contributed by atoms with Crippen LogP contribution in [0.1, 0.15) is 58.8 Å². The first-order chi connectivity index (χ1) is 9.03. The van der Waals surface area contributed by atoms with Crippen molar-refractivity contribution in [2.45, 2.75) is 58.8 Å². The zero-order valence-electron chi connectivity index (χ0n) is 11.9. The molecule has 0 saturated heterocycles. The van der Waals surface area contributed by atoms with Crippen LogP contribution in [0, 0.1) is 11.3 Å². The molecule has 2 nitrogen and oxygen atoms in total. The van der Waals surface area contributed by atoms with Gasteiger partial charge in [0.05, 0.1) is 5.41 Å². The molecule has 0 N–H and O–H groups in total. The van der Waals surface area contributed by atoms with Crippen LogP contribution in [0.4, 0.5) is 0 Å². The number of hydrogen-bond acceptors (Lipinski definition) is 2. The molecule has 3 rings (SSSR count). The molecule has 3 aliphatic rings. The molecule has 1 spiro atoms. The van der Waals surface area contributed by atoms with Crippen molar-refractivity contribution in [3.63, 3.8) is 0 Å². The topological polar surface area (TPSA) is 34.1 Å². The Hall–Kier alpha value is -1.18. The standard InChI is InChI=1S/C17H22O2/c1-11(2)13-4-3-12-5-6-14-9-15(18)7-8-17(14,10-13)16(12)19/h9,12H,3-8,10H2,1-2H3/t12-,17-/m0/s1. The molecular formula is C17H22O2. The second-order valence-electron chi connectivity index (χ2n) is 6.64. The number of hydrogen-bond donors (Lipinski definition) is 0. The van der Waals surface area contributed by atoms with Crippen molar-refractivity contribution in [2.24, 2.45) is 11.3 Å². The zero-order valence-corrected chi connectivity index (χ0v) is 11.9. The molecule has 0 aromatic carbocycles. The van der Waals surface area contributed by atoms with Crippen LogP contribution in [-0.2, 0) is 9.59 Å². The van der Waals surface area contributed by atoms with Gasteiger partial charge in [-0.1, -0.05) is 16.7 Å². The molecule has 0 aromatic heterocycles. The minimum absolute atomic E-state index is 0.217. The van der Waals surface area contributed by atoms with Crippen molar-refractivity contribution in [3.8, 4) is 0 Å². The predicted octanol–water partition coefficient (Wildman–Crippen LogP) is 3.76. The van der Waals surface area contributed by atoms with Crippen LogP contribution in [0.3, 0.4) is 0 Å². The third-order valence-corrected chi connectivity index (χ3v) is 5.37. The molecule has 2 heteroatoms. The van der Waals surface area contributed by atoms with Gasteiger partial charge in [0, 0.05) is 12.3 Å². The number of ketones is 2. The molecule has 2 saturated carbocycles. The summed E-state index contributed by atoms with van der Waals surface area (Å²) in [6.45, 7) is 4.31. The van der Waals surface area contributed by atoms with Gasteiger partial charge in [0.25, 0.3) is 0 Å². The Balaban J connectivity index is 2.11. The van der Waals surface area contributed by atoms with Gasteiger partial charge >= 0.3 is 0 Å². The van der Waals surface area contributed by atoms with Gasteiger partial charge in [-0.15, -0.1) is 0 Å². The van der Waals surface area contributed by atoms with E-state index in [4.69, 9.17) is 0 Å². The maximum Gasteiger partial charge on any atom is 0.155 e. The zero-order chi connectivity index (χ0) is 13.6. The van der Waals surface area contributed by atoms with E-state index in [1.807, 2.05) is 0 Å². The number of allylic oxidation sites excluding steroid dienone is 4. The van der Waals surface area contributed by atoms with Gasteiger partial charge in [-0.25, -0.2) is 0 Å². The Kier molecular flexibility index (Phi) is 2.99. The van der Waals surface area contributed by atoms with E-state index < -0.39 is 0 Å². The van der Waals surface area contributed by atoms with E-state index >= 15 is 0 Å². The van der Waals surface area contributed by atoms with Gasteiger partial charge in [-0.05, 0) is 58.4 Å². The number of fused-ring (bicyclic) bond motifs is 1. The minimum Gasteiger partial charge on any atom is -0.298 e. The molecule has 2 atom stereocenters.